The summed E-state index contributed by atoms with van der Waals surface area (Å²) in [5.74, 6) is 1.85. The second-order valence-corrected chi connectivity index (χ2v) is 4.84. The number of ketones is 1. The number of para-hydroxylation sites is 1. The van der Waals surface area contributed by atoms with E-state index < -0.39 is 0 Å². The number of rotatable bonds is 4. The van der Waals surface area contributed by atoms with Gasteiger partial charge in [-0.2, -0.15) is 0 Å². The number of aryl methyl sites for hydroxylation is 1. The Hall–Kier alpha value is -2.29. The largest absolute Gasteiger partial charge is 0.496 e. The van der Waals surface area contributed by atoms with Crippen molar-refractivity contribution in [3.8, 4) is 11.5 Å². The molecular formula is C17H16O3. The summed E-state index contributed by atoms with van der Waals surface area (Å²) in [5.41, 5.74) is 2.94. The summed E-state index contributed by atoms with van der Waals surface area (Å²) in [5, 5.41) is 0. The van der Waals surface area contributed by atoms with Gasteiger partial charge in [-0.05, 0) is 36.2 Å². The zero-order valence-corrected chi connectivity index (χ0v) is 11.4. The molecule has 0 fully saturated rings. The van der Waals surface area contributed by atoms with Gasteiger partial charge in [-0.1, -0.05) is 18.2 Å². The predicted octanol–water partition coefficient (Wildman–Crippen LogP) is 3.40. The molecule has 0 unspecified atom stereocenters. The molecule has 0 atom stereocenters. The lowest BCUT2D eigenvalue weighted by Gasteiger charge is -2.10. The van der Waals surface area contributed by atoms with Crippen molar-refractivity contribution in [3.05, 3.63) is 59.2 Å². The van der Waals surface area contributed by atoms with Gasteiger partial charge in [0.15, 0.2) is 5.78 Å². The Morgan fingerprint density at radius 3 is 2.80 bits per heavy atom. The molecule has 0 N–H and O–H groups in total. The molecule has 3 rings (SSSR count). The normalized spacial score (nSPS) is 13.2. The van der Waals surface area contributed by atoms with Crippen LogP contribution < -0.4 is 9.47 Å². The molecule has 1 aliphatic rings. The van der Waals surface area contributed by atoms with Crippen molar-refractivity contribution in [1.29, 1.82) is 0 Å². The molecule has 0 amide bonds. The molecule has 2 aromatic rings. The molecule has 2 aromatic carbocycles. The number of Topliss-reactive ketones (excluding diaryl/α,β-unsaturated/α-hetero) is 1. The topological polar surface area (TPSA) is 35.5 Å². The van der Waals surface area contributed by atoms with Gasteiger partial charge in [0.1, 0.15) is 18.1 Å². The quantitative estimate of drug-likeness (QED) is 0.852. The van der Waals surface area contributed by atoms with Crippen LogP contribution in [-0.4, -0.2) is 12.9 Å². The summed E-state index contributed by atoms with van der Waals surface area (Å²) >= 11 is 0. The fourth-order valence-corrected chi connectivity index (χ4v) is 2.50. The Bertz CT molecular complexity index is 646. The first-order chi connectivity index (χ1) is 9.78. The second kappa shape index (κ2) is 5.37. The zero-order valence-electron chi connectivity index (χ0n) is 11.4. The highest BCUT2D eigenvalue weighted by Gasteiger charge is 2.19. The summed E-state index contributed by atoms with van der Waals surface area (Å²) in [4.78, 5) is 11.6. The molecule has 0 saturated heterocycles. The first-order valence-corrected chi connectivity index (χ1v) is 6.69. The maximum atomic E-state index is 11.6. The third kappa shape index (κ3) is 2.39. The highest BCUT2D eigenvalue weighted by atomic mass is 16.5. The van der Waals surface area contributed by atoms with Crippen molar-refractivity contribution < 1.29 is 14.3 Å². The SMILES string of the molecule is COc1ccccc1COc1ccc2c(c1)CCC2=O. The third-order valence-corrected chi connectivity index (χ3v) is 3.59. The molecule has 0 aromatic heterocycles. The molecule has 0 saturated carbocycles. The first-order valence-electron chi connectivity index (χ1n) is 6.69. The number of benzene rings is 2. The summed E-state index contributed by atoms with van der Waals surface area (Å²) in [6.45, 7) is 0.455. The predicted molar refractivity (Wildman–Crippen MR) is 76.4 cm³/mol. The molecule has 0 spiro atoms. The van der Waals surface area contributed by atoms with E-state index in [0.29, 0.717) is 13.0 Å². The molecule has 0 bridgehead atoms. The maximum Gasteiger partial charge on any atom is 0.163 e. The van der Waals surface area contributed by atoms with Gasteiger partial charge in [0.25, 0.3) is 0 Å². The van der Waals surface area contributed by atoms with Crippen LogP contribution in [0.15, 0.2) is 42.5 Å². The summed E-state index contributed by atoms with van der Waals surface area (Å²) < 4.78 is 11.1. The lowest BCUT2D eigenvalue weighted by Crippen LogP contribution is -1.99. The van der Waals surface area contributed by atoms with E-state index in [4.69, 9.17) is 9.47 Å². The number of methoxy groups -OCH3 is 1. The van der Waals surface area contributed by atoms with E-state index in [2.05, 4.69) is 0 Å². The molecule has 0 radical (unpaired) electrons. The molecular weight excluding hydrogens is 252 g/mol. The van der Waals surface area contributed by atoms with Gasteiger partial charge in [0, 0.05) is 17.5 Å². The molecule has 3 nitrogen and oxygen atoms in total. The maximum absolute atomic E-state index is 11.6. The lowest BCUT2D eigenvalue weighted by atomic mass is 10.1. The van der Waals surface area contributed by atoms with Crippen LogP contribution in [0.3, 0.4) is 0 Å². The van der Waals surface area contributed by atoms with E-state index in [-0.39, 0.29) is 5.78 Å². The van der Waals surface area contributed by atoms with Gasteiger partial charge >= 0.3 is 0 Å². The highest BCUT2D eigenvalue weighted by molar-refractivity contribution is 6.00. The van der Waals surface area contributed by atoms with Crippen LogP contribution in [0.4, 0.5) is 0 Å². The van der Waals surface area contributed by atoms with Crippen molar-refractivity contribution in [2.45, 2.75) is 19.4 Å². The van der Waals surface area contributed by atoms with E-state index in [0.717, 1.165) is 34.6 Å². The minimum Gasteiger partial charge on any atom is -0.496 e. The van der Waals surface area contributed by atoms with Crippen molar-refractivity contribution in [3.63, 3.8) is 0 Å². The molecule has 102 valence electrons. The van der Waals surface area contributed by atoms with Crippen molar-refractivity contribution in [2.75, 3.05) is 7.11 Å². The number of hydrogen-bond acceptors (Lipinski definition) is 3. The number of carbonyl (C=O) groups is 1. The van der Waals surface area contributed by atoms with Crippen molar-refractivity contribution in [2.24, 2.45) is 0 Å². The smallest absolute Gasteiger partial charge is 0.163 e. The molecule has 0 heterocycles. The van der Waals surface area contributed by atoms with Crippen LogP contribution in [-0.2, 0) is 13.0 Å². The summed E-state index contributed by atoms with van der Waals surface area (Å²) in [7, 11) is 1.65. The van der Waals surface area contributed by atoms with E-state index in [1.165, 1.54) is 0 Å². The van der Waals surface area contributed by atoms with E-state index in [1.54, 1.807) is 7.11 Å². The molecule has 1 aliphatic carbocycles. The van der Waals surface area contributed by atoms with Gasteiger partial charge in [0.2, 0.25) is 0 Å². The molecule has 0 aliphatic heterocycles. The van der Waals surface area contributed by atoms with Crippen LogP contribution in [0.25, 0.3) is 0 Å². The van der Waals surface area contributed by atoms with Crippen molar-refractivity contribution in [1.82, 2.24) is 0 Å². The van der Waals surface area contributed by atoms with Crippen LogP contribution in [0, 0.1) is 0 Å². The van der Waals surface area contributed by atoms with Gasteiger partial charge < -0.3 is 9.47 Å². The minimum atomic E-state index is 0.233. The van der Waals surface area contributed by atoms with Crippen molar-refractivity contribution >= 4 is 5.78 Å². The second-order valence-electron chi connectivity index (χ2n) is 4.84. The summed E-state index contributed by atoms with van der Waals surface area (Å²) in [6.07, 6.45) is 1.44. The Morgan fingerprint density at radius 2 is 1.95 bits per heavy atom. The highest BCUT2D eigenvalue weighted by Crippen LogP contribution is 2.27. The Morgan fingerprint density at radius 1 is 1.10 bits per heavy atom. The zero-order chi connectivity index (χ0) is 13.9. The standard InChI is InChI=1S/C17H16O3/c1-19-17-5-3-2-4-13(17)11-20-14-7-8-15-12(10-14)6-9-16(15)18/h2-5,7-8,10H,6,9,11H2,1H3. The third-order valence-electron chi connectivity index (χ3n) is 3.59. The van der Waals surface area contributed by atoms with Crippen LogP contribution in [0.5, 0.6) is 11.5 Å². The Kier molecular flexibility index (Phi) is 3.42. The molecule has 3 heteroatoms. The van der Waals surface area contributed by atoms with Crippen LogP contribution >= 0.6 is 0 Å². The average molecular weight is 268 g/mol. The van der Waals surface area contributed by atoms with E-state index in [1.807, 2.05) is 42.5 Å². The van der Waals surface area contributed by atoms with Gasteiger partial charge in [-0.3, -0.25) is 4.79 Å². The van der Waals surface area contributed by atoms with E-state index >= 15 is 0 Å². The number of carbonyl (C=O) groups excluding carboxylic acids is 1. The van der Waals surface area contributed by atoms with Gasteiger partial charge in [0.05, 0.1) is 7.11 Å². The fourth-order valence-electron chi connectivity index (χ4n) is 2.50. The number of fused-ring (bicyclic) bond motifs is 1. The molecule has 20 heavy (non-hydrogen) atoms. The van der Waals surface area contributed by atoms with Gasteiger partial charge in [-0.25, -0.2) is 0 Å². The Balaban J connectivity index is 1.74. The van der Waals surface area contributed by atoms with E-state index in [9.17, 15) is 4.79 Å². The monoisotopic (exact) mass is 268 g/mol. The fraction of sp³-hybridized carbons (Fsp3) is 0.235. The van der Waals surface area contributed by atoms with Crippen LogP contribution in [0.1, 0.15) is 27.9 Å². The first kappa shape index (κ1) is 12.7. The van der Waals surface area contributed by atoms with Gasteiger partial charge in [-0.15, -0.1) is 0 Å². The Labute approximate surface area is 118 Å². The minimum absolute atomic E-state index is 0.233. The number of ether oxygens (including phenoxy) is 2. The average Bonchev–Trinajstić information content (AvgIpc) is 2.86. The summed E-state index contributed by atoms with van der Waals surface area (Å²) in [6, 6.07) is 13.5. The number of hydrogen-bond donors (Lipinski definition) is 0. The van der Waals surface area contributed by atoms with Crippen LogP contribution in [0.2, 0.25) is 0 Å². The lowest BCUT2D eigenvalue weighted by molar-refractivity contribution is 0.0994.